The first-order chi connectivity index (χ1) is 7.24. The summed E-state index contributed by atoms with van der Waals surface area (Å²) in [6.45, 7) is 0.336. The van der Waals surface area contributed by atoms with E-state index in [0.29, 0.717) is 6.61 Å². The molecule has 15 heavy (non-hydrogen) atoms. The summed E-state index contributed by atoms with van der Waals surface area (Å²) in [6, 6.07) is 8.46. The molecule has 1 aromatic carbocycles. The molecule has 1 aromatic rings. The summed E-state index contributed by atoms with van der Waals surface area (Å²) in [4.78, 5) is 0. The Bertz CT molecular complexity index is 312. The van der Waals surface area contributed by atoms with Crippen LogP contribution in [-0.4, -0.2) is 11.7 Å². The molecule has 1 fully saturated rings. The van der Waals surface area contributed by atoms with E-state index in [1.165, 1.54) is 31.2 Å². The van der Waals surface area contributed by atoms with Gasteiger partial charge in [-0.25, -0.2) is 0 Å². The lowest BCUT2D eigenvalue weighted by Crippen LogP contribution is -2.24. The molecule has 0 radical (unpaired) electrons. The zero-order chi connectivity index (χ0) is 10.7. The van der Waals surface area contributed by atoms with Gasteiger partial charge in [-0.1, -0.05) is 40.9 Å². The minimum atomic E-state index is 0.174. The van der Waals surface area contributed by atoms with E-state index in [-0.39, 0.29) is 5.41 Å². The number of hydrogen-bond acceptors (Lipinski definition) is 1. The van der Waals surface area contributed by atoms with Crippen molar-refractivity contribution in [2.24, 2.45) is 5.41 Å². The quantitative estimate of drug-likeness (QED) is 0.889. The number of aliphatic hydroxyl groups is 1. The standard InChI is InChI=1S/C13H17BrO/c14-12-5-3-11(4-6-12)9-13(10-15)7-1-2-8-13/h3-6,15H,1-2,7-10H2. The molecule has 0 atom stereocenters. The number of aliphatic hydroxyl groups excluding tert-OH is 1. The zero-order valence-corrected chi connectivity index (χ0v) is 10.5. The van der Waals surface area contributed by atoms with Gasteiger partial charge in [0.2, 0.25) is 0 Å². The van der Waals surface area contributed by atoms with Crippen molar-refractivity contribution in [2.45, 2.75) is 32.1 Å². The van der Waals surface area contributed by atoms with Gasteiger partial charge in [0.15, 0.2) is 0 Å². The van der Waals surface area contributed by atoms with Crippen molar-refractivity contribution >= 4 is 15.9 Å². The molecule has 0 spiro atoms. The molecular weight excluding hydrogens is 252 g/mol. The van der Waals surface area contributed by atoms with Crippen molar-refractivity contribution in [1.82, 2.24) is 0 Å². The van der Waals surface area contributed by atoms with Crippen LogP contribution in [0.3, 0.4) is 0 Å². The van der Waals surface area contributed by atoms with Crippen LogP contribution in [0.25, 0.3) is 0 Å². The van der Waals surface area contributed by atoms with Gasteiger partial charge in [-0.3, -0.25) is 0 Å². The van der Waals surface area contributed by atoms with Crippen molar-refractivity contribution < 1.29 is 5.11 Å². The Labute approximate surface area is 99.6 Å². The lowest BCUT2D eigenvalue weighted by atomic mass is 9.81. The van der Waals surface area contributed by atoms with Crippen LogP contribution in [0.5, 0.6) is 0 Å². The second-order valence-electron chi connectivity index (χ2n) is 4.67. The van der Waals surface area contributed by atoms with E-state index in [9.17, 15) is 5.11 Å². The Morgan fingerprint density at radius 2 is 1.73 bits per heavy atom. The van der Waals surface area contributed by atoms with Gasteiger partial charge < -0.3 is 5.11 Å². The van der Waals surface area contributed by atoms with Gasteiger partial charge in [-0.2, -0.15) is 0 Å². The summed E-state index contributed by atoms with van der Waals surface area (Å²) in [6.07, 6.45) is 5.93. The highest BCUT2D eigenvalue weighted by Crippen LogP contribution is 2.40. The van der Waals surface area contributed by atoms with Crippen LogP contribution in [-0.2, 0) is 6.42 Å². The predicted octanol–water partition coefficient (Wildman–Crippen LogP) is 3.54. The summed E-state index contributed by atoms with van der Waals surface area (Å²) < 4.78 is 1.12. The molecule has 0 amide bonds. The highest BCUT2D eigenvalue weighted by atomic mass is 79.9. The van der Waals surface area contributed by atoms with Crippen molar-refractivity contribution in [3.05, 3.63) is 34.3 Å². The number of halogens is 1. The molecular formula is C13H17BrO. The van der Waals surface area contributed by atoms with E-state index in [0.717, 1.165) is 10.9 Å². The first-order valence-electron chi connectivity index (χ1n) is 5.59. The van der Waals surface area contributed by atoms with Gasteiger partial charge >= 0.3 is 0 Å². The van der Waals surface area contributed by atoms with Gasteiger partial charge in [0.25, 0.3) is 0 Å². The molecule has 0 saturated heterocycles. The normalized spacial score (nSPS) is 19.3. The monoisotopic (exact) mass is 268 g/mol. The minimum absolute atomic E-state index is 0.174. The largest absolute Gasteiger partial charge is 0.396 e. The fourth-order valence-electron chi connectivity index (χ4n) is 2.55. The first-order valence-corrected chi connectivity index (χ1v) is 6.39. The van der Waals surface area contributed by atoms with Gasteiger partial charge in [0.05, 0.1) is 0 Å². The van der Waals surface area contributed by atoms with Crippen LogP contribution in [0.4, 0.5) is 0 Å². The van der Waals surface area contributed by atoms with Crippen LogP contribution in [0.1, 0.15) is 31.2 Å². The molecule has 0 bridgehead atoms. The highest BCUT2D eigenvalue weighted by Gasteiger charge is 2.32. The SMILES string of the molecule is OCC1(Cc2ccc(Br)cc2)CCCC1. The average molecular weight is 269 g/mol. The zero-order valence-electron chi connectivity index (χ0n) is 8.88. The topological polar surface area (TPSA) is 20.2 Å². The van der Waals surface area contributed by atoms with Crippen LogP contribution < -0.4 is 0 Å². The van der Waals surface area contributed by atoms with Gasteiger partial charge in [-0.05, 0) is 42.4 Å². The summed E-state index contributed by atoms with van der Waals surface area (Å²) in [7, 11) is 0. The van der Waals surface area contributed by atoms with Crippen LogP contribution >= 0.6 is 15.9 Å². The lowest BCUT2D eigenvalue weighted by molar-refractivity contribution is 0.130. The third kappa shape index (κ3) is 2.61. The molecule has 1 aliphatic rings. The van der Waals surface area contributed by atoms with Crippen molar-refractivity contribution in [2.75, 3.05) is 6.61 Å². The Morgan fingerprint density at radius 1 is 1.13 bits per heavy atom. The Hall–Kier alpha value is -0.340. The van der Waals surface area contributed by atoms with Crippen molar-refractivity contribution in [3.63, 3.8) is 0 Å². The molecule has 82 valence electrons. The molecule has 0 unspecified atom stereocenters. The molecule has 1 aliphatic carbocycles. The summed E-state index contributed by atoms with van der Waals surface area (Å²) in [5, 5.41) is 9.52. The number of rotatable bonds is 3. The van der Waals surface area contributed by atoms with E-state index in [4.69, 9.17) is 0 Å². The molecule has 1 N–H and O–H groups in total. The molecule has 2 heteroatoms. The number of hydrogen-bond donors (Lipinski definition) is 1. The molecule has 1 nitrogen and oxygen atoms in total. The maximum absolute atomic E-state index is 9.52. The number of benzene rings is 1. The Morgan fingerprint density at radius 3 is 2.27 bits per heavy atom. The summed E-state index contributed by atoms with van der Waals surface area (Å²) in [5.74, 6) is 0. The first kappa shape index (κ1) is 11.2. The second kappa shape index (κ2) is 4.67. The van der Waals surface area contributed by atoms with Crippen molar-refractivity contribution in [1.29, 1.82) is 0 Å². The lowest BCUT2D eigenvalue weighted by Gasteiger charge is -2.26. The molecule has 1 saturated carbocycles. The summed E-state index contributed by atoms with van der Waals surface area (Å²) >= 11 is 3.44. The van der Waals surface area contributed by atoms with E-state index in [1.807, 2.05) is 0 Å². The van der Waals surface area contributed by atoms with E-state index in [1.54, 1.807) is 0 Å². The Balaban J connectivity index is 2.09. The fraction of sp³-hybridized carbons (Fsp3) is 0.538. The van der Waals surface area contributed by atoms with Crippen LogP contribution in [0.15, 0.2) is 28.7 Å². The van der Waals surface area contributed by atoms with E-state index >= 15 is 0 Å². The third-order valence-corrected chi connectivity index (χ3v) is 4.02. The van der Waals surface area contributed by atoms with Gasteiger partial charge in [0, 0.05) is 11.1 Å². The molecule has 0 aromatic heterocycles. The maximum Gasteiger partial charge on any atom is 0.0490 e. The smallest absolute Gasteiger partial charge is 0.0490 e. The molecule has 0 heterocycles. The van der Waals surface area contributed by atoms with Crippen LogP contribution in [0, 0.1) is 5.41 Å². The third-order valence-electron chi connectivity index (χ3n) is 3.49. The van der Waals surface area contributed by atoms with Crippen LogP contribution in [0.2, 0.25) is 0 Å². The molecule has 2 rings (SSSR count). The van der Waals surface area contributed by atoms with Gasteiger partial charge in [-0.15, -0.1) is 0 Å². The maximum atomic E-state index is 9.52. The van der Waals surface area contributed by atoms with Gasteiger partial charge in [0.1, 0.15) is 0 Å². The van der Waals surface area contributed by atoms with E-state index in [2.05, 4.69) is 40.2 Å². The van der Waals surface area contributed by atoms with E-state index < -0.39 is 0 Å². The minimum Gasteiger partial charge on any atom is -0.396 e. The van der Waals surface area contributed by atoms with Crippen molar-refractivity contribution in [3.8, 4) is 0 Å². The summed E-state index contributed by atoms with van der Waals surface area (Å²) in [5.41, 5.74) is 1.52. The molecule has 0 aliphatic heterocycles. The fourth-order valence-corrected chi connectivity index (χ4v) is 2.82. The average Bonchev–Trinajstić information content (AvgIpc) is 2.71. The predicted molar refractivity (Wildman–Crippen MR) is 65.8 cm³/mol. The highest BCUT2D eigenvalue weighted by molar-refractivity contribution is 9.10. The Kier molecular flexibility index (Phi) is 3.47. The second-order valence-corrected chi connectivity index (χ2v) is 5.58.